The number of aromatic nitrogens is 2. The minimum absolute atomic E-state index is 0.226. The average Bonchev–Trinajstić information content (AvgIpc) is 2.77. The number of nitrogens with zero attached hydrogens (tertiary/aromatic N) is 2. The Morgan fingerprint density at radius 2 is 2.11 bits per heavy atom. The predicted octanol–water partition coefficient (Wildman–Crippen LogP) is 2.85. The van der Waals surface area contributed by atoms with Crippen LogP contribution in [0.4, 0.5) is 4.39 Å². The van der Waals surface area contributed by atoms with Crippen LogP contribution < -0.4 is 5.73 Å². The molecule has 2 N–H and O–H groups in total. The topological polar surface area (TPSA) is 43.8 Å². The van der Waals surface area contributed by atoms with Crippen molar-refractivity contribution in [2.24, 2.45) is 5.73 Å². The van der Waals surface area contributed by atoms with E-state index in [4.69, 9.17) is 5.73 Å². The minimum atomic E-state index is -0.254. The normalized spacial score (nSPS) is 12.9. The highest BCUT2D eigenvalue weighted by atomic mass is 19.1. The van der Waals surface area contributed by atoms with Gasteiger partial charge in [0.05, 0.1) is 5.69 Å². The lowest BCUT2D eigenvalue weighted by Crippen LogP contribution is -2.14. The molecule has 0 saturated heterocycles. The lowest BCUT2D eigenvalue weighted by atomic mass is 10.0. The Labute approximate surface area is 106 Å². The van der Waals surface area contributed by atoms with Crippen molar-refractivity contribution in [1.29, 1.82) is 0 Å². The molecule has 1 unspecified atom stereocenters. The van der Waals surface area contributed by atoms with E-state index in [2.05, 4.69) is 18.9 Å². The van der Waals surface area contributed by atoms with E-state index < -0.39 is 0 Å². The summed E-state index contributed by atoms with van der Waals surface area (Å²) < 4.78 is 15.0. The molecule has 4 heteroatoms. The van der Waals surface area contributed by atoms with Gasteiger partial charge in [0.2, 0.25) is 0 Å². The third kappa shape index (κ3) is 2.96. The lowest BCUT2D eigenvalue weighted by Gasteiger charge is -2.10. The molecule has 96 valence electrons. The van der Waals surface area contributed by atoms with Crippen molar-refractivity contribution < 1.29 is 4.39 Å². The maximum Gasteiger partial charge on any atom is 0.123 e. The summed E-state index contributed by atoms with van der Waals surface area (Å²) in [4.78, 5) is 0. The van der Waals surface area contributed by atoms with Crippen LogP contribution in [0.5, 0.6) is 0 Å². The minimum Gasteiger partial charge on any atom is -0.324 e. The molecular weight excluding hydrogens is 229 g/mol. The van der Waals surface area contributed by atoms with Crippen LogP contribution in [0.3, 0.4) is 0 Å². The van der Waals surface area contributed by atoms with Crippen molar-refractivity contribution in [2.75, 3.05) is 0 Å². The maximum absolute atomic E-state index is 13.1. The van der Waals surface area contributed by atoms with E-state index in [1.54, 1.807) is 6.07 Å². The first-order valence-corrected chi connectivity index (χ1v) is 6.11. The number of hydrogen-bond donors (Lipinski definition) is 1. The third-order valence-electron chi connectivity index (χ3n) is 2.90. The van der Waals surface area contributed by atoms with Gasteiger partial charge in [0, 0.05) is 24.7 Å². The van der Waals surface area contributed by atoms with Gasteiger partial charge in [-0.05, 0) is 37.6 Å². The maximum atomic E-state index is 13.1. The van der Waals surface area contributed by atoms with Crippen LogP contribution in [-0.4, -0.2) is 9.78 Å². The molecule has 0 amide bonds. The standard InChI is InChI=1S/C14H18FN3/c1-10(2)18-7-6-13(17-18)9-14(16)11-4-3-5-12(15)8-11/h3-8,10,14H,9,16H2,1-2H3. The van der Waals surface area contributed by atoms with Gasteiger partial charge in [-0.1, -0.05) is 12.1 Å². The molecular formula is C14H18FN3. The second kappa shape index (κ2) is 5.31. The summed E-state index contributed by atoms with van der Waals surface area (Å²) in [6.45, 7) is 4.15. The Balaban J connectivity index is 2.08. The molecule has 0 fully saturated rings. The van der Waals surface area contributed by atoms with Crippen molar-refractivity contribution >= 4 is 0 Å². The quantitative estimate of drug-likeness (QED) is 0.902. The second-order valence-corrected chi connectivity index (χ2v) is 4.75. The lowest BCUT2D eigenvalue weighted by molar-refractivity contribution is 0.522. The smallest absolute Gasteiger partial charge is 0.123 e. The van der Waals surface area contributed by atoms with Gasteiger partial charge >= 0.3 is 0 Å². The first-order valence-electron chi connectivity index (χ1n) is 6.11. The van der Waals surface area contributed by atoms with Crippen molar-refractivity contribution in [3.05, 3.63) is 53.6 Å². The highest BCUT2D eigenvalue weighted by Gasteiger charge is 2.10. The fourth-order valence-electron chi connectivity index (χ4n) is 1.85. The number of rotatable bonds is 4. The van der Waals surface area contributed by atoms with Gasteiger partial charge in [-0.2, -0.15) is 5.10 Å². The molecule has 2 rings (SSSR count). The van der Waals surface area contributed by atoms with Crippen LogP contribution in [0.1, 0.15) is 37.2 Å². The van der Waals surface area contributed by atoms with Crippen molar-refractivity contribution in [2.45, 2.75) is 32.4 Å². The summed E-state index contributed by atoms with van der Waals surface area (Å²) >= 11 is 0. The largest absolute Gasteiger partial charge is 0.324 e. The van der Waals surface area contributed by atoms with Crippen molar-refractivity contribution in [3.8, 4) is 0 Å². The zero-order valence-electron chi connectivity index (χ0n) is 10.7. The van der Waals surface area contributed by atoms with Crippen molar-refractivity contribution in [3.63, 3.8) is 0 Å². The van der Waals surface area contributed by atoms with Gasteiger partial charge < -0.3 is 5.73 Å². The second-order valence-electron chi connectivity index (χ2n) is 4.75. The zero-order valence-corrected chi connectivity index (χ0v) is 10.7. The molecule has 0 aliphatic heterocycles. The fourth-order valence-corrected chi connectivity index (χ4v) is 1.85. The summed E-state index contributed by atoms with van der Waals surface area (Å²) in [7, 11) is 0. The SMILES string of the molecule is CC(C)n1ccc(CC(N)c2cccc(F)c2)n1. The Morgan fingerprint density at radius 1 is 1.33 bits per heavy atom. The van der Waals surface area contributed by atoms with Crippen LogP contribution >= 0.6 is 0 Å². The number of hydrogen-bond acceptors (Lipinski definition) is 2. The molecule has 0 bridgehead atoms. The molecule has 1 atom stereocenters. The molecule has 1 heterocycles. The number of halogens is 1. The summed E-state index contributed by atoms with van der Waals surface area (Å²) in [5, 5.41) is 4.44. The van der Waals surface area contributed by atoms with E-state index in [1.807, 2.05) is 23.0 Å². The fraction of sp³-hybridized carbons (Fsp3) is 0.357. The average molecular weight is 247 g/mol. The molecule has 2 aromatic rings. The zero-order chi connectivity index (χ0) is 13.1. The molecule has 0 saturated carbocycles. The first-order chi connectivity index (χ1) is 8.56. The van der Waals surface area contributed by atoms with E-state index >= 15 is 0 Å². The van der Waals surface area contributed by atoms with E-state index in [9.17, 15) is 4.39 Å². The molecule has 0 aliphatic carbocycles. The van der Waals surface area contributed by atoms with Crippen molar-refractivity contribution in [1.82, 2.24) is 9.78 Å². The van der Waals surface area contributed by atoms with Gasteiger partial charge in [0.25, 0.3) is 0 Å². The molecule has 18 heavy (non-hydrogen) atoms. The van der Waals surface area contributed by atoms with Gasteiger partial charge in [-0.3, -0.25) is 4.68 Å². The highest BCUT2D eigenvalue weighted by molar-refractivity contribution is 5.21. The van der Waals surface area contributed by atoms with E-state index in [0.717, 1.165) is 11.3 Å². The third-order valence-corrected chi connectivity index (χ3v) is 2.90. The Hall–Kier alpha value is -1.68. The van der Waals surface area contributed by atoms with E-state index in [1.165, 1.54) is 12.1 Å². The van der Waals surface area contributed by atoms with E-state index in [-0.39, 0.29) is 11.9 Å². The van der Waals surface area contributed by atoms with Crippen LogP contribution in [0.25, 0.3) is 0 Å². The molecule has 3 nitrogen and oxygen atoms in total. The highest BCUT2D eigenvalue weighted by Crippen LogP contribution is 2.16. The van der Waals surface area contributed by atoms with Gasteiger partial charge in [-0.15, -0.1) is 0 Å². The van der Waals surface area contributed by atoms with Crippen LogP contribution in [0.2, 0.25) is 0 Å². The van der Waals surface area contributed by atoms with E-state index in [0.29, 0.717) is 12.5 Å². The molecule has 1 aromatic carbocycles. The summed E-state index contributed by atoms with van der Waals surface area (Å²) in [6, 6.07) is 8.48. The Kier molecular flexibility index (Phi) is 3.77. The molecule has 0 radical (unpaired) electrons. The Bertz CT molecular complexity index is 519. The number of nitrogens with two attached hydrogens (primary N) is 1. The monoisotopic (exact) mass is 247 g/mol. The van der Waals surface area contributed by atoms with Gasteiger partial charge in [0.15, 0.2) is 0 Å². The number of benzene rings is 1. The van der Waals surface area contributed by atoms with Gasteiger partial charge in [0.1, 0.15) is 5.82 Å². The molecule has 1 aromatic heterocycles. The van der Waals surface area contributed by atoms with Crippen LogP contribution in [-0.2, 0) is 6.42 Å². The summed E-state index contributed by atoms with van der Waals surface area (Å²) in [5.74, 6) is -0.254. The predicted molar refractivity (Wildman–Crippen MR) is 69.6 cm³/mol. The van der Waals surface area contributed by atoms with Crippen LogP contribution in [0, 0.1) is 5.82 Å². The summed E-state index contributed by atoms with van der Waals surface area (Å²) in [5.41, 5.74) is 7.80. The molecule has 0 spiro atoms. The van der Waals surface area contributed by atoms with Crippen LogP contribution in [0.15, 0.2) is 36.5 Å². The summed E-state index contributed by atoms with van der Waals surface area (Å²) in [6.07, 6.45) is 2.56. The first kappa shape index (κ1) is 12.8. The van der Waals surface area contributed by atoms with Gasteiger partial charge in [-0.25, -0.2) is 4.39 Å². The Morgan fingerprint density at radius 3 is 2.72 bits per heavy atom. The molecule has 0 aliphatic rings.